The number of hydrogen-bond acceptors (Lipinski definition) is 5. The third kappa shape index (κ3) is 6.27. The summed E-state index contributed by atoms with van der Waals surface area (Å²) in [6.45, 7) is 0.237. The standard InChI is InChI=1S/C21H15BrCl2F3N3O2/c1-31-18-8-13(9-29-30-19-5-3-14(10-28-19)21(25,26)27)6-15(22)20(18)32-11-12-2-4-16(23)17(24)7-12/h2-10H,11H2,1H3,(H,28,30)/b29-9-. The first-order valence-electron chi connectivity index (χ1n) is 8.94. The summed E-state index contributed by atoms with van der Waals surface area (Å²) in [4.78, 5) is 3.69. The van der Waals surface area contributed by atoms with Crippen molar-refractivity contribution in [1.29, 1.82) is 0 Å². The maximum atomic E-state index is 12.6. The third-order valence-electron chi connectivity index (χ3n) is 4.10. The maximum Gasteiger partial charge on any atom is 0.417 e. The number of benzene rings is 2. The Bertz CT molecular complexity index is 1130. The molecule has 0 spiro atoms. The number of ether oxygens (including phenoxy) is 2. The van der Waals surface area contributed by atoms with Crippen LogP contribution in [0.25, 0.3) is 0 Å². The van der Waals surface area contributed by atoms with Gasteiger partial charge in [0, 0.05) is 6.20 Å². The fraction of sp³-hybridized carbons (Fsp3) is 0.143. The molecule has 1 aromatic heterocycles. The van der Waals surface area contributed by atoms with Crippen LogP contribution in [-0.4, -0.2) is 18.3 Å². The van der Waals surface area contributed by atoms with E-state index < -0.39 is 11.7 Å². The summed E-state index contributed by atoms with van der Waals surface area (Å²) in [5, 5.41) is 4.89. The molecule has 1 N–H and O–H groups in total. The maximum absolute atomic E-state index is 12.6. The van der Waals surface area contributed by atoms with Crippen molar-refractivity contribution in [3.05, 3.63) is 79.9 Å². The number of hydrogen-bond donors (Lipinski definition) is 1. The van der Waals surface area contributed by atoms with Crippen LogP contribution >= 0.6 is 39.1 Å². The number of nitrogens with zero attached hydrogens (tertiary/aromatic N) is 2. The van der Waals surface area contributed by atoms with Crippen LogP contribution in [0.15, 0.2) is 58.2 Å². The molecule has 0 radical (unpaired) electrons. The topological polar surface area (TPSA) is 55.7 Å². The molecule has 2 aromatic carbocycles. The van der Waals surface area contributed by atoms with E-state index in [1.165, 1.54) is 19.4 Å². The molecule has 3 aromatic rings. The van der Waals surface area contributed by atoms with Gasteiger partial charge in [0.05, 0.1) is 33.4 Å². The number of halogens is 6. The van der Waals surface area contributed by atoms with E-state index >= 15 is 0 Å². The van der Waals surface area contributed by atoms with Gasteiger partial charge in [0.2, 0.25) is 0 Å². The Morgan fingerprint density at radius 1 is 1.12 bits per heavy atom. The molecule has 0 aliphatic rings. The summed E-state index contributed by atoms with van der Waals surface area (Å²) in [5.74, 6) is 1.10. The molecule has 1 heterocycles. The van der Waals surface area contributed by atoms with Gasteiger partial charge in [-0.25, -0.2) is 4.98 Å². The molecular formula is C21H15BrCl2F3N3O2. The summed E-state index contributed by atoms with van der Waals surface area (Å²) in [7, 11) is 1.50. The van der Waals surface area contributed by atoms with Crippen molar-refractivity contribution in [2.45, 2.75) is 12.8 Å². The predicted molar refractivity (Wildman–Crippen MR) is 122 cm³/mol. The minimum absolute atomic E-state index is 0.168. The van der Waals surface area contributed by atoms with E-state index in [0.717, 1.165) is 17.8 Å². The average Bonchev–Trinajstić information content (AvgIpc) is 2.74. The lowest BCUT2D eigenvalue weighted by Crippen LogP contribution is -2.05. The summed E-state index contributed by atoms with van der Waals surface area (Å²) in [6.07, 6.45) is -2.24. The van der Waals surface area contributed by atoms with E-state index in [9.17, 15) is 13.2 Å². The van der Waals surface area contributed by atoms with E-state index in [4.69, 9.17) is 32.7 Å². The fourth-order valence-electron chi connectivity index (χ4n) is 2.54. The summed E-state index contributed by atoms with van der Waals surface area (Å²) in [5.41, 5.74) is 3.22. The zero-order chi connectivity index (χ0) is 23.3. The number of methoxy groups -OCH3 is 1. The van der Waals surface area contributed by atoms with Crippen LogP contribution in [0, 0.1) is 0 Å². The van der Waals surface area contributed by atoms with Gasteiger partial charge >= 0.3 is 6.18 Å². The van der Waals surface area contributed by atoms with Crippen LogP contribution in [-0.2, 0) is 12.8 Å². The lowest BCUT2D eigenvalue weighted by atomic mass is 10.2. The average molecular weight is 549 g/mol. The van der Waals surface area contributed by atoms with Crippen molar-refractivity contribution in [3.63, 3.8) is 0 Å². The Kier molecular flexibility index (Phi) is 7.86. The molecule has 0 fully saturated rings. The van der Waals surface area contributed by atoms with Crippen molar-refractivity contribution in [2.75, 3.05) is 12.5 Å². The highest BCUT2D eigenvalue weighted by Gasteiger charge is 2.30. The number of aromatic nitrogens is 1. The van der Waals surface area contributed by atoms with E-state index in [1.807, 2.05) is 0 Å². The predicted octanol–water partition coefficient (Wildman–Crippen LogP) is 7.20. The number of rotatable bonds is 7. The van der Waals surface area contributed by atoms with Gasteiger partial charge in [-0.1, -0.05) is 29.3 Å². The molecule has 0 atom stereocenters. The fourth-order valence-corrected chi connectivity index (χ4v) is 3.43. The Morgan fingerprint density at radius 2 is 1.91 bits per heavy atom. The lowest BCUT2D eigenvalue weighted by Gasteiger charge is -2.14. The van der Waals surface area contributed by atoms with Crippen LogP contribution in [0.1, 0.15) is 16.7 Å². The van der Waals surface area contributed by atoms with Gasteiger partial charge in [-0.05, 0) is 63.5 Å². The van der Waals surface area contributed by atoms with Gasteiger partial charge < -0.3 is 9.47 Å². The van der Waals surface area contributed by atoms with Crippen LogP contribution in [0.2, 0.25) is 10.0 Å². The van der Waals surface area contributed by atoms with Gasteiger partial charge in [-0.15, -0.1) is 0 Å². The number of pyridine rings is 1. The second-order valence-electron chi connectivity index (χ2n) is 6.37. The quantitative estimate of drug-likeness (QED) is 0.250. The number of hydrazone groups is 1. The number of anilines is 1. The summed E-state index contributed by atoms with van der Waals surface area (Å²) in [6, 6.07) is 10.8. The Labute approximate surface area is 200 Å². The smallest absolute Gasteiger partial charge is 0.417 e. The molecule has 0 aliphatic heterocycles. The molecule has 0 bridgehead atoms. The molecule has 0 unspecified atom stereocenters. The van der Waals surface area contributed by atoms with Crippen LogP contribution < -0.4 is 14.9 Å². The SMILES string of the molecule is COc1cc(/C=N\Nc2ccc(C(F)(F)F)cn2)cc(Br)c1OCc1ccc(Cl)c(Cl)c1. The first-order chi connectivity index (χ1) is 15.2. The second-order valence-corrected chi connectivity index (χ2v) is 8.04. The van der Waals surface area contributed by atoms with Gasteiger partial charge in [0.15, 0.2) is 11.5 Å². The molecule has 0 amide bonds. The van der Waals surface area contributed by atoms with E-state index in [0.29, 0.717) is 31.6 Å². The van der Waals surface area contributed by atoms with Gasteiger partial charge in [0.25, 0.3) is 0 Å². The van der Waals surface area contributed by atoms with E-state index in [1.54, 1.807) is 30.3 Å². The summed E-state index contributed by atoms with van der Waals surface area (Å²) < 4.78 is 49.7. The summed E-state index contributed by atoms with van der Waals surface area (Å²) >= 11 is 15.4. The van der Waals surface area contributed by atoms with Crippen molar-refractivity contribution < 1.29 is 22.6 Å². The first kappa shape index (κ1) is 24.2. The van der Waals surface area contributed by atoms with Crippen LogP contribution in [0.3, 0.4) is 0 Å². The Hall–Kier alpha value is -2.49. The highest BCUT2D eigenvalue weighted by molar-refractivity contribution is 9.10. The van der Waals surface area contributed by atoms with Crippen LogP contribution in [0.5, 0.6) is 11.5 Å². The minimum atomic E-state index is -4.44. The van der Waals surface area contributed by atoms with Crippen LogP contribution in [0.4, 0.5) is 19.0 Å². The van der Waals surface area contributed by atoms with Gasteiger partial charge in [-0.3, -0.25) is 5.43 Å². The molecule has 0 aliphatic carbocycles. The Balaban J connectivity index is 1.69. The molecule has 168 valence electrons. The second kappa shape index (κ2) is 10.4. The zero-order valence-electron chi connectivity index (χ0n) is 16.4. The van der Waals surface area contributed by atoms with Crippen molar-refractivity contribution in [1.82, 2.24) is 4.98 Å². The van der Waals surface area contributed by atoms with Gasteiger partial charge in [0.1, 0.15) is 12.4 Å². The zero-order valence-corrected chi connectivity index (χ0v) is 19.5. The molecule has 32 heavy (non-hydrogen) atoms. The number of nitrogens with one attached hydrogen (secondary N) is 1. The van der Waals surface area contributed by atoms with Crippen molar-refractivity contribution in [2.24, 2.45) is 5.10 Å². The molecular weight excluding hydrogens is 534 g/mol. The molecule has 5 nitrogen and oxygen atoms in total. The van der Waals surface area contributed by atoms with Crippen molar-refractivity contribution in [3.8, 4) is 11.5 Å². The molecule has 0 saturated carbocycles. The molecule has 3 rings (SSSR count). The van der Waals surface area contributed by atoms with E-state index in [2.05, 4.69) is 31.4 Å². The number of alkyl halides is 3. The van der Waals surface area contributed by atoms with E-state index in [-0.39, 0.29) is 12.4 Å². The third-order valence-corrected chi connectivity index (χ3v) is 5.43. The normalized spacial score (nSPS) is 11.6. The first-order valence-corrected chi connectivity index (χ1v) is 10.5. The molecule has 0 saturated heterocycles. The highest BCUT2D eigenvalue weighted by atomic mass is 79.9. The van der Waals surface area contributed by atoms with Gasteiger partial charge in [-0.2, -0.15) is 18.3 Å². The largest absolute Gasteiger partial charge is 0.493 e. The monoisotopic (exact) mass is 547 g/mol. The highest BCUT2D eigenvalue weighted by Crippen LogP contribution is 2.37. The lowest BCUT2D eigenvalue weighted by molar-refractivity contribution is -0.137. The minimum Gasteiger partial charge on any atom is -0.493 e. The molecule has 11 heteroatoms. The van der Waals surface area contributed by atoms with Crippen molar-refractivity contribution >= 4 is 51.2 Å². The Morgan fingerprint density at radius 3 is 2.53 bits per heavy atom.